The van der Waals surface area contributed by atoms with E-state index < -0.39 is 7.82 Å². The van der Waals surface area contributed by atoms with Gasteiger partial charge in [0.1, 0.15) is 13.6 Å². The van der Waals surface area contributed by atoms with Gasteiger partial charge in [-0.15, -0.1) is 0 Å². The molecule has 2 rings (SSSR count). The third kappa shape index (κ3) is 8.36. The quantitative estimate of drug-likeness (QED) is 0.237. The van der Waals surface area contributed by atoms with Crippen LogP contribution in [0.5, 0.6) is 17.2 Å². The Morgan fingerprint density at radius 2 is 1.48 bits per heavy atom. The summed E-state index contributed by atoms with van der Waals surface area (Å²) in [5, 5.41) is 18.9. The number of aliphatic hydroxyl groups excluding tert-OH is 2. The van der Waals surface area contributed by atoms with Gasteiger partial charge in [0.15, 0.2) is 11.5 Å². The first kappa shape index (κ1) is 28.6. The second kappa shape index (κ2) is 13.1. The number of phosphoric acid groups is 1. The topological polar surface area (TPSA) is 131 Å². The molecule has 29 heavy (non-hydrogen) atoms. The largest absolute Gasteiger partial charge is 1.00 e. The molecule has 0 aliphatic carbocycles. The van der Waals surface area contributed by atoms with Crippen LogP contribution in [0.4, 0.5) is 0 Å². The van der Waals surface area contributed by atoms with Gasteiger partial charge in [-0.05, 0) is 41.0 Å². The first-order valence-electron chi connectivity index (χ1n) is 7.80. The maximum absolute atomic E-state index is 10.9. The number of aliphatic hydroxyl groups is 2. The molecule has 0 saturated heterocycles. The molecule has 0 amide bonds. The van der Waals surface area contributed by atoms with Crippen LogP contribution in [0, 0.1) is 0 Å². The molecule has 2 aromatic carbocycles. The van der Waals surface area contributed by atoms with Crippen LogP contribution in [0.15, 0.2) is 30.3 Å². The molecule has 0 unspecified atom stereocenters. The van der Waals surface area contributed by atoms with Crippen molar-refractivity contribution < 1.29 is 97.7 Å². The maximum atomic E-state index is 10.9. The standard InChI is InChI=1S/C18H21O8P.2Na/c1-24-16-6-5-12(8-18(16)26-27(21,22)23)3-4-13-7-14(10-19)15(11-20)17(9-13)25-2;;/h3-9,19-20H,10-11H2,1-2H3,(H2,21,22,23);;/q;2*+1/p-2/b4-3-;;. The molecule has 0 bridgehead atoms. The number of benzene rings is 2. The van der Waals surface area contributed by atoms with Crippen molar-refractivity contribution in [3.63, 3.8) is 0 Å². The second-order valence-corrected chi connectivity index (χ2v) is 6.54. The van der Waals surface area contributed by atoms with Crippen LogP contribution in [0.1, 0.15) is 22.3 Å². The molecule has 0 aliphatic rings. The van der Waals surface area contributed by atoms with Gasteiger partial charge in [-0.1, -0.05) is 18.2 Å². The minimum atomic E-state index is -5.23. The third-order valence-corrected chi connectivity index (χ3v) is 4.16. The number of phosphoric ester groups is 1. The average molecular weight is 440 g/mol. The molecule has 0 saturated carbocycles. The number of ether oxygens (including phenoxy) is 2. The van der Waals surface area contributed by atoms with Crippen molar-refractivity contribution in [2.45, 2.75) is 13.2 Å². The Balaban J connectivity index is 0.00000392. The fourth-order valence-electron chi connectivity index (χ4n) is 2.51. The van der Waals surface area contributed by atoms with E-state index in [4.69, 9.17) is 9.47 Å². The molecule has 11 heteroatoms. The minimum absolute atomic E-state index is 0. The summed E-state index contributed by atoms with van der Waals surface area (Å²) < 4.78 is 25.5. The molecule has 0 radical (unpaired) electrons. The molecule has 0 atom stereocenters. The van der Waals surface area contributed by atoms with Gasteiger partial charge in [0.2, 0.25) is 0 Å². The summed E-state index contributed by atoms with van der Waals surface area (Å²) in [6, 6.07) is 7.85. The normalized spacial score (nSPS) is 10.8. The number of methoxy groups -OCH3 is 2. The first-order valence-corrected chi connectivity index (χ1v) is 9.26. The zero-order valence-corrected chi connectivity index (χ0v) is 21.6. The maximum Gasteiger partial charge on any atom is 1.00 e. The summed E-state index contributed by atoms with van der Waals surface area (Å²) >= 11 is 0. The number of hydrogen-bond acceptors (Lipinski definition) is 8. The van der Waals surface area contributed by atoms with Gasteiger partial charge in [-0.25, -0.2) is 0 Å². The summed E-state index contributed by atoms with van der Waals surface area (Å²) in [6.45, 7) is -0.538. The van der Waals surface area contributed by atoms with E-state index in [1.165, 1.54) is 26.4 Å². The van der Waals surface area contributed by atoms with Gasteiger partial charge in [-0.3, -0.25) is 0 Å². The zero-order chi connectivity index (χ0) is 20.0. The van der Waals surface area contributed by atoms with Gasteiger partial charge in [0, 0.05) is 5.56 Å². The molecule has 2 aromatic rings. The van der Waals surface area contributed by atoms with Crippen molar-refractivity contribution in [3.05, 3.63) is 52.6 Å². The van der Waals surface area contributed by atoms with Crippen LogP contribution in [0.2, 0.25) is 0 Å². The van der Waals surface area contributed by atoms with Crippen molar-refractivity contribution in [1.82, 2.24) is 0 Å². The van der Waals surface area contributed by atoms with Crippen molar-refractivity contribution in [3.8, 4) is 17.2 Å². The van der Waals surface area contributed by atoms with E-state index in [1.54, 1.807) is 30.4 Å². The summed E-state index contributed by atoms with van der Waals surface area (Å²) in [4.78, 5) is 21.8. The Kier molecular flexibility index (Phi) is 13.0. The Hall–Kier alpha value is -0.350. The molecular formula is C18H19Na2O8P. The van der Waals surface area contributed by atoms with E-state index >= 15 is 0 Å². The summed E-state index contributed by atoms with van der Waals surface area (Å²) in [7, 11) is -2.45. The Bertz CT molecular complexity index is 857. The van der Waals surface area contributed by atoms with Crippen molar-refractivity contribution in [2.24, 2.45) is 0 Å². The molecule has 2 N–H and O–H groups in total. The van der Waals surface area contributed by atoms with Crippen molar-refractivity contribution in [1.29, 1.82) is 0 Å². The third-order valence-electron chi connectivity index (χ3n) is 3.74. The van der Waals surface area contributed by atoms with E-state index in [1.807, 2.05) is 0 Å². The average Bonchev–Trinajstić information content (AvgIpc) is 2.64. The molecule has 0 heterocycles. The summed E-state index contributed by atoms with van der Waals surface area (Å²) in [5.74, 6) is 0.328. The summed E-state index contributed by atoms with van der Waals surface area (Å²) in [5.41, 5.74) is 2.26. The number of hydrogen-bond donors (Lipinski definition) is 2. The molecule has 0 fully saturated rings. The van der Waals surface area contributed by atoms with E-state index in [0.717, 1.165) is 0 Å². The minimum Gasteiger partial charge on any atom is -0.780 e. The Labute approximate surface area is 213 Å². The SMILES string of the molecule is COc1ccc(/C=C\c2cc(CO)c(CO)c(OC)c2)cc1OP(=O)([O-])[O-].[Na+].[Na+]. The van der Waals surface area contributed by atoms with Crippen LogP contribution >= 0.6 is 7.82 Å². The molecule has 0 aromatic heterocycles. The fraction of sp³-hybridized carbons (Fsp3) is 0.222. The van der Waals surface area contributed by atoms with Crippen LogP contribution in [0.3, 0.4) is 0 Å². The van der Waals surface area contributed by atoms with Gasteiger partial charge >= 0.3 is 59.1 Å². The zero-order valence-electron chi connectivity index (χ0n) is 16.7. The van der Waals surface area contributed by atoms with E-state index in [2.05, 4.69) is 4.52 Å². The molecule has 146 valence electrons. The first-order chi connectivity index (χ1) is 12.8. The van der Waals surface area contributed by atoms with Gasteiger partial charge in [0.05, 0.1) is 27.4 Å². The van der Waals surface area contributed by atoms with Crippen molar-refractivity contribution >= 4 is 20.0 Å². The Morgan fingerprint density at radius 3 is 2.00 bits per heavy atom. The molecule has 0 aliphatic heterocycles. The van der Waals surface area contributed by atoms with E-state index in [0.29, 0.717) is 28.0 Å². The smallest absolute Gasteiger partial charge is 0.780 e. The van der Waals surface area contributed by atoms with E-state index in [-0.39, 0.29) is 83.8 Å². The van der Waals surface area contributed by atoms with Gasteiger partial charge in [-0.2, -0.15) is 0 Å². The number of rotatable bonds is 8. The second-order valence-electron chi connectivity index (χ2n) is 5.46. The molecule has 0 spiro atoms. The fourth-order valence-corrected chi connectivity index (χ4v) is 2.89. The van der Waals surface area contributed by atoms with Gasteiger partial charge < -0.3 is 38.6 Å². The predicted octanol–water partition coefficient (Wildman–Crippen LogP) is -4.93. The predicted molar refractivity (Wildman–Crippen MR) is 95.0 cm³/mol. The Morgan fingerprint density at radius 1 is 0.897 bits per heavy atom. The van der Waals surface area contributed by atoms with E-state index in [9.17, 15) is 24.6 Å². The van der Waals surface area contributed by atoms with Crippen LogP contribution in [0.25, 0.3) is 12.2 Å². The van der Waals surface area contributed by atoms with Crippen LogP contribution in [-0.2, 0) is 17.8 Å². The van der Waals surface area contributed by atoms with Gasteiger partial charge in [0.25, 0.3) is 0 Å². The summed E-state index contributed by atoms with van der Waals surface area (Å²) in [6.07, 6.45) is 3.35. The monoisotopic (exact) mass is 440 g/mol. The molecule has 8 nitrogen and oxygen atoms in total. The molecular weight excluding hydrogens is 421 g/mol. The van der Waals surface area contributed by atoms with Crippen LogP contribution in [-0.4, -0.2) is 24.4 Å². The van der Waals surface area contributed by atoms with Crippen molar-refractivity contribution in [2.75, 3.05) is 14.2 Å². The van der Waals surface area contributed by atoms with Crippen LogP contribution < -0.4 is 82.9 Å².